The van der Waals surface area contributed by atoms with Crippen molar-refractivity contribution in [1.29, 1.82) is 0 Å². The fourth-order valence-corrected chi connectivity index (χ4v) is 5.67. The predicted octanol–water partition coefficient (Wildman–Crippen LogP) is -1.88. The van der Waals surface area contributed by atoms with Crippen LogP contribution in [0.15, 0.2) is 0 Å². The maximum absolute atomic E-state index is 1.67. The molecule has 0 spiro atoms. The second kappa shape index (κ2) is 1.61. The molecule has 7 heavy (non-hydrogen) atoms. The quantitative estimate of drug-likeness (QED) is 0.323. The second-order valence-electron chi connectivity index (χ2n) is 2.60. The average Bonchev–Trinajstić information content (AvgIpc) is 1.85. The summed E-state index contributed by atoms with van der Waals surface area (Å²) in [6.07, 6.45) is 3.18. The summed E-state index contributed by atoms with van der Waals surface area (Å²) in [7, 11) is 0. The van der Waals surface area contributed by atoms with Gasteiger partial charge in [0.25, 0.3) is 0 Å². The molecule has 2 unspecified atom stereocenters. The number of hydrogen-bond donors (Lipinski definition) is 0. The molecule has 2 atom stereocenters. The molecule has 1 saturated carbocycles. The Hall–Kier alpha value is 0.730. The Kier molecular flexibility index (Phi) is 1.05. The minimum absolute atomic E-state index is 0.724. The van der Waals surface area contributed by atoms with Crippen LogP contribution in [0.3, 0.4) is 0 Å². The summed E-state index contributed by atoms with van der Waals surface area (Å²) in [4.78, 5) is 0. The van der Waals surface area contributed by atoms with Crippen LogP contribution in [0, 0.1) is 11.8 Å². The van der Waals surface area contributed by atoms with E-state index in [0.717, 1.165) is 21.2 Å². The van der Waals surface area contributed by atoms with Crippen LogP contribution in [-0.2, 0) is 0 Å². The first kappa shape index (κ1) is 4.59. The molecule has 0 bridgehead atoms. The topological polar surface area (TPSA) is 0 Å². The molecule has 0 aromatic heterocycles. The van der Waals surface area contributed by atoms with Crippen molar-refractivity contribution in [2.45, 2.75) is 12.8 Å². The maximum atomic E-state index is 1.67. The van der Waals surface area contributed by atoms with E-state index < -0.39 is 0 Å². The molecule has 1 aliphatic carbocycles. The van der Waals surface area contributed by atoms with E-state index in [9.17, 15) is 0 Å². The molecule has 0 aromatic rings. The van der Waals surface area contributed by atoms with Gasteiger partial charge in [0.1, 0.15) is 0 Å². The number of rotatable bonds is 0. The molecule has 0 nitrogen and oxygen atoms in total. The van der Waals surface area contributed by atoms with Gasteiger partial charge in [0.05, 0.1) is 0 Å². The summed E-state index contributed by atoms with van der Waals surface area (Å²) >= 11 is 0.724. The third-order valence-corrected chi connectivity index (χ3v) is 5.70. The van der Waals surface area contributed by atoms with Crippen LogP contribution < -0.4 is 21.2 Å². The summed E-state index contributed by atoms with van der Waals surface area (Å²) in [6.45, 7) is 0. The first-order chi connectivity index (χ1) is 3.47. The minimum atomic E-state index is 0.724. The van der Waals surface area contributed by atoms with Crippen LogP contribution in [-0.4, -0.2) is 8.86 Å². The van der Waals surface area contributed by atoms with Gasteiger partial charge < -0.3 is 0 Å². The van der Waals surface area contributed by atoms with E-state index in [1.807, 2.05) is 0 Å². The fraction of sp³-hybridized carbons (Fsp3) is 1.00. The van der Waals surface area contributed by atoms with Crippen molar-refractivity contribution in [3.8, 4) is 0 Å². The zero-order chi connectivity index (χ0) is 4.69. The van der Waals surface area contributed by atoms with Crippen molar-refractivity contribution >= 4 is 0 Å². The average molecular weight is 209 g/mol. The number of alkyl halides is 2. The molecule has 1 heterocycles. The normalized spacial score (nSPS) is 49.1. The van der Waals surface area contributed by atoms with E-state index in [4.69, 9.17) is 0 Å². The molecular weight excluding hydrogens is 199 g/mol. The van der Waals surface area contributed by atoms with Crippen LogP contribution >= 0.6 is 0 Å². The van der Waals surface area contributed by atoms with Gasteiger partial charge in [-0.3, -0.25) is 0 Å². The third kappa shape index (κ3) is 0.609. The standard InChI is InChI=1S/C6H10I/c1-2-6-4-7-3-5(1)6/h5-6H,1-4H2/q-1. The van der Waals surface area contributed by atoms with Crippen molar-refractivity contribution in [2.24, 2.45) is 11.8 Å². The Labute approximate surface area is 54.9 Å². The molecule has 1 heteroatoms. The van der Waals surface area contributed by atoms with E-state index >= 15 is 0 Å². The van der Waals surface area contributed by atoms with E-state index in [2.05, 4.69) is 0 Å². The number of fused-ring (bicyclic) bond motifs is 1. The van der Waals surface area contributed by atoms with Gasteiger partial charge in [-0.25, -0.2) is 0 Å². The fourth-order valence-electron chi connectivity index (χ4n) is 1.39. The van der Waals surface area contributed by atoms with E-state index in [0.29, 0.717) is 0 Å². The van der Waals surface area contributed by atoms with Gasteiger partial charge in [-0.2, -0.15) is 0 Å². The van der Waals surface area contributed by atoms with Crippen molar-refractivity contribution < 1.29 is 21.2 Å². The van der Waals surface area contributed by atoms with Gasteiger partial charge in [0.2, 0.25) is 0 Å². The molecule has 2 rings (SSSR count). The summed E-state index contributed by atoms with van der Waals surface area (Å²) in [5.74, 6) is 2.49. The van der Waals surface area contributed by atoms with Gasteiger partial charge in [-0.15, -0.1) is 0 Å². The Balaban J connectivity index is 2.03. The Morgan fingerprint density at radius 2 is 1.57 bits per heavy atom. The molecule has 42 valence electrons. The Morgan fingerprint density at radius 3 is 1.86 bits per heavy atom. The molecule has 0 aromatic carbocycles. The van der Waals surface area contributed by atoms with E-state index in [-0.39, 0.29) is 0 Å². The van der Waals surface area contributed by atoms with Gasteiger partial charge in [-0.05, 0) is 0 Å². The van der Waals surface area contributed by atoms with Crippen LogP contribution in [0.4, 0.5) is 0 Å². The molecule has 2 aliphatic rings. The van der Waals surface area contributed by atoms with Crippen LogP contribution in [0.2, 0.25) is 0 Å². The van der Waals surface area contributed by atoms with Crippen LogP contribution in [0.1, 0.15) is 12.8 Å². The zero-order valence-electron chi connectivity index (χ0n) is 4.36. The molecule has 1 saturated heterocycles. The van der Waals surface area contributed by atoms with Crippen molar-refractivity contribution in [3.63, 3.8) is 0 Å². The Bertz CT molecular complexity index is 70.2. The first-order valence-corrected chi connectivity index (χ1v) is 6.05. The van der Waals surface area contributed by atoms with E-state index in [1.165, 1.54) is 11.8 Å². The summed E-state index contributed by atoms with van der Waals surface area (Å²) in [5, 5.41) is 0. The van der Waals surface area contributed by atoms with Crippen molar-refractivity contribution in [3.05, 3.63) is 0 Å². The van der Waals surface area contributed by atoms with Crippen LogP contribution in [0.5, 0.6) is 0 Å². The molecular formula is C6H10I-. The first-order valence-electron chi connectivity index (χ1n) is 3.00. The predicted molar refractivity (Wildman–Crippen MR) is 25.9 cm³/mol. The molecule has 0 N–H and O–H groups in total. The monoisotopic (exact) mass is 209 g/mol. The molecule has 0 amide bonds. The second-order valence-corrected chi connectivity index (χ2v) is 5.44. The van der Waals surface area contributed by atoms with Crippen molar-refractivity contribution in [2.75, 3.05) is 8.86 Å². The molecule has 1 aliphatic heterocycles. The van der Waals surface area contributed by atoms with Crippen LogP contribution in [0.25, 0.3) is 0 Å². The van der Waals surface area contributed by atoms with Gasteiger partial charge in [0, 0.05) is 0 Å². The number of hydrogen-bond acceptors (Lipinski definition) is 0. The SMILES string of the molecule is C1CC2C[I-]CC12. The third-order valence-electron chi connectivity index (χ3n) is 2.19. The summed E-state index contributed by atoms with van der Waals surface area (Å²) < 4.78 is 3.34. The Morgan fingerprint density at radius 1 is 1.00 bits per heavy atom. The number of halogens is 1. The molecule has 0 radical (unpaired) electrons. The summed E-state index contributed by atoms with van der Waals surface area (Å²) in [5.41, 5.74) is 0. The van der Waals surface area contributed by atoms with Gasteiger partial charge in [-0.1, -0.05) is 0 Å². The van der Waals surface area contributed by atoms with E-state index in [1.54, 1.807) is 21.7 Å². The molecule has 2 fully saturated rings. The zero-order valence-corrected chi connectivity index (χ0v) is 6.52. The van der Waals surface area contributed by atoms with Gasteiger partial charge in [0.15, 0.2) is 0 Å². The van der Waals surface area contributed by atoms with Crippen molar-refractivity contribution in [1.82, 2.24) is 0 Å². The van der Waals surface area contributed by atoms with Gasteiger partial charge >= 0.3 is 54.7 Å². The summed E-state index contributed by atoms with van der Waals surface area (Å²) in [6, 6.07) is 0.